The Balaban J connectivity index is 2.50. The Labute approximate surface area is 141 Å². The van der Waals surface area contributed by atoms with E-state index < -0.39 is 0 Å². The molecule has 0 spiro atoms. The smallest absolute Gasteiger partial charge is 0.279 e. The summed E-state index contributed by atoms with van der Waals surface area (Å²) in [4.78, 5) is 26.4. The van der Waals surface area contributed by atoms with Crippen molar-refractivity contribution in [3.63, 3.8) is 0 Å². The van der Waals surface area contributed by atoms with Crippen molar-refractivity contribution in [3.05, 3.63) is 28.2 Å². The second-order valence-electron chi connectivity index (χ2n) is 5.59. The monoisotopic (exact) mass is 346 g/mol. The first-order valence-corrected chi connectivity index (χ1v) is 7.78. The zero-order valence-electron chi connectivity index (χ0n) is 13.2. The van der Waals surface area contributed by atoms with Crippen LogP contribution >= 0.6 is 23.2 Å². The van der Waals surface area contributed by atoms with Crippen molar-refractivity contribution in [1.82, 2.24) is 4.90 Å². The van der Waals surface area contributed by atoms with Crippen LogP contribution in [0.15, 0.2) is 18.2 Å². The molecule has 0 bridgehead atoms. The molecule has 0 saturated carbocycles. The fourth-order valence-electron chi connectivity index (χ4n) is 1.79. The highest BCUT2D eigenvalue weighted by atomic mass is 35.5. The molecular weight excluding hydrogens is 325 g/mol. The molecule has 0 saturated heterocycles. The van der Waals surface area contributed by atoms with E-state index in [1.165, 1.54) is 0 Å². The first-order chi connectivity index (χ1) is 10.2. The highest BCUT2D eigenvalue weighted by Crippen LogP contribution is 2.24. The molecule has 1 aromatic rings. The van der Waals surface area contributed by atoms with Gasteiger partial charge in [0.1, 0.15) is 0 Å². The number of hydrogen-bond donors (Lipinski definition) is 2. The topological polar surface area (TPSA) is 53.9 Å². The van der Waals surface area contributed by atoms with Crippen LogP contribution in [0.25, 0.3) is 0 Å². The molecule has 1 unspecified atom stereocenters. The number of carbonyl (C=O) groups excluding carboxylic acids is 2. The summed E-state index contributed by atoms with van der Waals surface area (Å²) >= 11 is 11.7. The van der Waals surface area contributed by atoms with Crippen LogP contribution in [-0.2, 0) is 9.59 Å². The van der Waals surface area contributed by atoms with Crippen LogP contribution in [-0.4, -0.2) is 49.9 Å². The Morgan fingerprint density at radius 2 is 1.86 bits per heavy atom. The van der Waals surface area contributed by atoms with Gasteiger partial charge in [-0.3, -0.25) is 9.59 Å². The third kappa shape index (κ3) is 5.83. The summed E-state index contributed by atoms with van der Waals surface area (Å²) in [5, 5.41) is 3.56. The number of carbonyl (C=O) groups is 2. The molecule has 22 heavy (non-hydrogen) atoms. The number of rotatable bonds is 6. The predicted molar refractivity (Wildman–Crippen MR) is 89.6 cm³/mol. The molecule has 0 aliphatic heterocycles. The maximum Gasteiger partial charge on any atom is 0.279 e. The van der Waals surface area contributed by atoms with Gasteiger partial charge in [-0.1, -0.05) is 23.2 Å². The van der Waals surface area contributed by atoms with Crippen molar-refractivity contribution in [2.24, 2.45) is 0 Å². The molecule has 1 rings (SSSR count). The van der Waals surface area contributed by atoms with Crippen molar-refractivity contribution in [3.8, 4) is 0 Å². The van der Waals surface area contributed by atoms with E-state index in [0.29, 0.717) is 15.7 Å². The van der Waals surface area contributed by atoms with Gasteiger partial charge in [0.2, 0.25) is 0 Å². The molecule has 0 fully saturated rings. The van der Waals surface area contributed by atoms with E-state index in [9.17, 15) is 9.59 Å². The molecule has 2 N–H and O–H groups in total. The van der Waals surface area contributed by atoms with E-state index in [-0.39, 0.29) is 30.9 Å². The minimum atomic E-state index is -0.184. The van der Waals surface area contributed by atoms with Gasteiger partial charge >= 0.3 is 0 Å². The summed E-state index contributed by atoms with van der Waals surface area (Å²) in [6, 6.07) is 5.04. The lowest BCUT2D eigenvalue weighted by molar-refractivity contribution is -0.862. The Morgan fingerprint density at radius 1 is 1.23 bits per heavy atom. The van der Waals surface area contributed by atoms with Crippen molar-refractivity contribution in [2.45, 2.75) is 19.9 Å². The number of nitrogens with one attached hydrogen (secondary N) is 2. The van der Waals surface area contributed by atoms with Gasteiger partial charge in [-0.2, -0.15) is 0 Å². The summed E-state index contributed by atoms with van der Waals surface area (Å²) in [6.45, 7) is 4.36. The standard InChI is InChI=1S/C15H21Cl2N3O2/c1-10(2)20(4)15(22)9-19(3)8-14(21)18-11-5-6-12(16)13(17)7-11/h5-7,10H,8-9H2,1-4H3,(H,18,21)/p+1. The summed E-state index contributed by atoms with van der Waals surface area (Å²) in [6.07, 6.45) is 0. The molecule has 1 aromatic carbocycles. The van der Waals surface area contributed by atoms with Crippen LogP contribution in [0.3, 0.4) is 0 Å². The fourth-order valence-corrected chi connectivity index (χ4v) is 2.08. The number of likely N-dealkylation sites (N-methyl/N-ethyl adjacent to an activating group) is 2. The second kappa shape index (κ2) is 8.36. The van der Waals surface area contributed by atoms with Crippen molar-refractivity contribution in [1.29, 1.82) is 0 Å². The molecule has 5 nitrogen and oxygen atoms in total. The van der Waals surface area contributed by atoms with Gasteiger partial charge in [-0.25, -0.2) is 0 Å². The summed E-state index contributed by atoms with van der Waals surface area (Å²) in [5.41, 5.74) is 0.581. The largest absolute Gasteiger partial charge is 0.338 e. The lowest BCUT2D eigenvalue weighted by Crippen LogP contribution is -3.11. The van der Waals surface area contributed by atoms with Crippen LogP contribution in [0, 0.1) is 0 Å². The predicted octanol–water partition coefficient (Wildman–Crippen LogP) is 1.31. The Kier molecular flexibility index (Phi) is 7.13. The van der Waals surface area contributed by atoms with E-state index in [2.05, 4.69) is 5.32 Å². The summed E-state index contributed by atoms with van der Waals surface area (Å²) in [5.74, 6) is -0.175. The molecule has 2 amide bonds. The van der Waals surface area contributed by atoms with Gasteiger partial charge in [-0.05, 0) is 32.0 Å². The minimum Gasteiger partial charge on any atom is -0.338 e. The number of amides is 2. The minimum absolute atomic E-state index is 0.00911. The zero-order valence-corrected chi connectivity index (χ0v) is 14.8. The highest BCUT2D eigenvalue weighted by molar-refractivity contribution is 6.42. The van der Waals surface area contributed by atoms with Gasteiger partial charge < -0.3 is 15.1 Å². The van der Waals surface area contributed by atoms with Gasteiger partial charge in [0.25, 0.3) is 11.8 Å². The molecule has 0 aliphatic rings. The lowest BCUT2D eigenvalue weighted by atomic mass is 10.3. The normalized spacial score (nSPS) is 12.1. The lowest BCUT2D eigenvalue weighted by Gasteiger charge is -2.23. The molecule has 1 atom stereocenters. The van der Waals surface area contributed by atoms with Crippen molar-refractivity contribution < 1.29 is 14.5 Å². The third-order valence-electron chi connectivity index (χ3n) is 3.29. The van der Waals surface area contributed by atoms with Gasteiger partial charge in [-0.15, -0.1) is 0 Å². The number of halogens is 2. The fraction of sp³-hybridized carbons (Fsp3) is 0.467. The Hall–Kier alpha value is -1.30. The van der Waals surface area contributed by atoms with E-state index >= 15 is 0 Å². The number of hydrogen-bond acceptors (Lipinski definition) is 2. The second-order valence-corrected chi connectivity index (χ2v) is 6.40. The molecule has 0 heterocycles. The first kappa shape index (κ1) is 18.7. The summed E-state index contributed by atoms with van der Waals surface area (Å²) in [7, 11) is 3.57. The average Bonchev–Trinajstić information content (AvgIpc) is 2.41. The highest BCUT2D eigenvalue weighted by Gasteiger charge is 2.18. The average molecular weight is 347 g/mol. The quantitative estimate of drug-likeness (QED) is 0.815. The maximum absolute atomic E-state index is 12.0. The van der Waals surface area contributed by atoms with Gasteiger partial charge in [0.05, 0.1) is 17.1 Å². The first-order valence-electron chi connectivity index (χ1n) is 7.02. The third-order valence-corrected chi connectivity index (χ3v) is 4.03. The number of anilines is 1. The van der Waals surface area contributed by atoms with E-state index in [0.717, 1.165) is 4.90 Å². The van der Waals surface area contributed by atoms with Crippen LogP contribution in [0.2, 0.25) is 10.0 Å². The maximum atomic E-state index is 12.0. The molecule has 122 valence electrons. The summed E-state index contributed by atoms with van der Waals surface area (Å²) < 4.78 is 0. The van der Waals surface area contributed by atoms with Crippen LogP contribution in [0.1, 0.15) is 13.8 Å². The molecule has 0 radical (unpaired) electrons. The molecule has 0 aliphatic carbocycles. The molecule has 0 aromatic heterocycles. The van der Waals surface area contributed by atoms with Crippen LogP contribution in [0.5, 0.6) is 0 Å². The zero-order chi connectivity index (χ0) is 16.9. The Bertz CT molecular complexity index is 550. The van der Waals surface area contributed by atoms with Crippen LogP contribution < -0.4 is 10.2 Å². The van der Waals surface area contributed by atoms with E-state index in [1.54, 1.807) is 37.2 Å². The van der Waals surface area contributed by atoms with Crippen molar-refractivity contribution >= 4 is 40.7 Å². The van der Waals surface area contributed by atoms with Gasteiger partial charge in [0, 0.05) is 18.8 Å². The number of quaternary nitrogens is 1. The van der Waals surface area contributed by atoms with E-state index in [4.69, 9.17) is 23.2 Å². The molecule has 7 heteroatoms. The van der Waals surface area contributed by atoms with Crippen LogP contribution in [0.4, 0.5) is 5.69 Å². The van der Waals surface area contributed by atoms with E-state index in [1.807, 2.05) is 13.8 Å². The Morgan fingerprint density at radius 3 is 2.41 bits per heavy atom. The van der Waals surface area contributed by atoms with Gasteiger partial charge in [0.15, 0.2) is 13.1 Å². The SMILES string of the molecule is CC(C)N(C)C(=O)C[NH+](C)CC(=O)Nc1ccc(Cl)c(Cl)c1. The number of benzene rings is 1. The molecular formula is C15H22Cl2N3O2+. The number of nitrogens with zero attached hydrogens (tertiary/aromatic N) is 1. The van der Waals surface area contributed by atoms with Crippen molar-refractivity contribution in [2.75, 3.05) is 32.5 Å².